The Morgan fingerprint density at radius 3 is 2.67 bits per heavy atom. The SMILES string of the molecule is O=C(NCC1CN(c2ccc(N3CCS(=O)(=O)CC3)c(F)c2)C(=O)O1)c1ccoc1. The summed E-state index contributed by atoms with van der Waals surface area (Å²) >= 11 is 0. The Balaban J connectivity index is 1.38. The standard InChI is InChI=1S/C19H20FN3O6S/c20-16-9-14(1-2-17(16)22-4-7-30(26,27)8-5-22)23-11-15(29-19(23)25)10-21-18(24)13-3-6-28-12-13/h1-3,6,9,12,15H,4-5,7-8,10-11H2,(H,21,24). The van der Waals surface area contributed by atoms with Crippen LogP contribution in [0, 0.1) is 5.82 Å². The highest BCUT2D eigenvalue weighted by molar-refractivity contribution is 7.91. The molecule has 0 bridgehead atoms. The lowest BCUT2D eigenvalue weighted by Crippen LogP contribution is -2.40. The highest BCUT2D eigenvalue weighted by Crippen LogP contribution is 2.28. The van der Waals surface area contributed by atoms with Crippen LogP contribution in [0.1, 0.15) is 10.4 Å². The molecule has 0 aliphatic carbocycles. The van der Waals surface area contributed by atoms with Crippen LogP contribution in [0.2, 0.25) is 0 Å². The molecule has 0 saturated carbocycles. The molecule has 3 heterocycles. The van der Waals surface area contributed by atoms with E-state index in [1.54, 1.807) is 11.0 Å². The molecule has 1 aromatic heterocycles. The zero-order valence-electron chi connectivity index (χ0n) is 15.9. The van der Waals surface area contributed by atoms with Crippen molar-refractivity contribution in [1.29, 1.82) is 0 Å². The van der Waals surface area contributed by atoms with Crippen LogP contribution in [0.4, 0.5) is 20.6 Å². The second-order valence-electron chi connectivity index (χ2n) is 7.11. The Labute approximate surface area is 172 Å². The number of carbonyl (C=O) groups excluding carboxylic acids is 2. The molecule has 0 spiro atoms. The van der Waals surface area contributed by atoms with E-state index in [4.69, 9.17) is 9.15 Å². The third-order valence-corrected chi connectivity index (χ3v) is 6.68. The van der Waals surface area contributed by atoms with Crippen molar-refractivity contribution in [3.05, 3.63) is 48.2 Å². The van der Waals surface area contributed by atoms with Gasteiger partial charge in [-0.1, -0.05) is 0 Å². The van der Waals surface area contributed by atoms with Gasteiger partial charge in [0.15, 0.2) is 9.84 Å². The monoisotopic (exact) mass is 437 g/mol. The zero-order valence-corrected chi connectivity index (χ0v) is 16.7. The Morgan fingerprint density at radius 2 is 2.00 bits per heavy atom. The highest BCUT2D eigenvalue weighted by atomic mass is 32.2. The van der Waals surface area contributed by atoms with Crippen LogP contribution in [-0.4, -0.2) is 64.2 Å². The summed E-state index contributed by atoms with van der Waals surface area (Å²) in [5.41, 5.74) is 0.985. The van der Waals surface area contributed by atoms with Gasteiger partial charge in [-0.3, -0.25) is 9.69 Å². The Kier molecular flexibility index (Phi) is 5.37. The number of hydrogen-bond donors (Lipinski definition) is 1. The van der Waals surface area contributed by atoms with Gasteiger partial charge in [0.1, 0.15) is 18.2 Å². The third kappa shape index (κ3) is 4.25. The van der Waals surface area contributed by atoms with Crippen molar-refractivity contribution in [1.82, 2.24) is 5.32 Å². The number of benzene rings is 1. The summed E-state index contributed by atoms with van der Waals surface area (Å²) in [6.45, 7) is 0.714. The van der Waals surface area contributed by atoms with Crippen molar-refractivity contribution in [2.45, 2.75) is 6.10 Å². The zero-order chi connectivity index (χ0) is 21.3. The maximum Gasteiger partial charge on any atom is 0.414 e. The number of cyclic esters (lactones) is 1. The van der Waals surface area contributed by atoms with Crippen molar-refractivity contribution >= 4 is 33.2 Å². The van der Waals surface area contributed by atoms with E-state index in [2.05, 4.69) is 5.32 Å². The lowest BCUT2D eigenvalue weighted by Gasteiger charge is -2.29. The summed E-state index contributed by atoms with van der Waals surface area (Å²) in [7, 11) is -3.07. The molecular formula is C19H20FN3O6S. The van der Waals surface area contributed by atoms with E-state index in [0.717, 1.165) is 0 Å². The van der Waals surface area contributed by atoms with Gasteiger partial charge in [-0.25, -0.2) is 17.6 Å². The van der Waals surface area contributed by atoms with Gasteiger partial charge in [0.25, 0.3) is 5.91 Å². The molecule has 2 amide bonds. The number of hydrogen-bond acceptors (Lipinski definition) is 7. The molecule has 30 heavy (non-hydrogen) atoms. The summed E-state index contributed by atoms with van der Waals surface area (Å²) in [5.74, 6) is -0.925. The highest BCUT2D eigenvalue weighted by Gasteiger charge is 2.33. The molecule has 4 rings (SSSR count). The van der Waals surface area contributed by atoms with Gasteiger partial charge in [0.2, 0.25) is 0 Å². The largest absolute Gasteiger partial charge is 0.472 e. The lowest BCUT2D eigenvalue weighted by atomic mass is 10.2. The second-order valence-corrected chi connectivity index (χ2v) is 9.42. The fourth-order valence-electron chi connectivity index (χ4n) is 3.41. The molecule has 1 atom stereocenters. The smallest absolute Gasteiger partial charge is 0.414 e. The Hall–Kier alpha value is -3.08. The summed E-state index contributed by atoms with van der Waals surface area (Å²) < 4.78 is 47.9. The van der Waals surface area contributed by atoms with E-state index >= 15 is 0 Å². The number of nitrogens with zero attached hydrogens (tertiary/aromatic N) is 2. The number of furan rings is 1. The van der Waals surface area contributed by atoms with Crippen LogP contribution >= 0.6 is 0 Å². The predicted molar refractivity (Wildman–Crippen MR) is 106 cm³/mol. The van der Waals surface area contributed by atoms with Gasteiger partial charge < -0.3 is 19.4 Å². The number of sulfone groups is 1. The van der Waals surface area contributed by atoms with E-state index in [-0.39, 0.29) is 43.6 Å². The molecule has 1 unspecified atom stereocenters. The number of amides is 2. The van der Waals surface area contributed by atoms with Gasteiger partial charge in [-0.2, -0.15) is 0 Å². The van der Waals surface area contributed by atoms with E-state index in [0.29, 0.717) is 16.9 Å². The number of anilines is 2. The quantitative estimate of drug-likeness (QED) is 0.753. The molecular weight excluding hydrogens is 417 g/mol. The van der Waals surface area contributed by atoms with Crippen LogP contribution in [-0.2, 0) is 14.6 Å². The average molecular weight is 437 g/mol. The molecule has 160 valence electrons. The topological polar surface area (TPSA) is 109 Å². The van der Waals surface area contributed by atoms with Crippen molar-refractivity contribution in [3.8, 4) is 0 Å². The maximum atomic E-state index is 14.7. The Morgan fingerprint density at radius 1 is 1.23 bits per heavy atom. The normalized spacial score (nSPS) is 20.8. The number of carbonyl (C=O) groups is 2. The van der Waals surface area contributed by atoms with Gasteiger partial charge >= 0.3 is 6.09 Å². The summed E-state index contributed by atoms with van der Waals surface area (Å²) in [6, 6.07) is 5.87. The van der Waals surface area contributed by atoms with Gasteiger partial charge in [-0.05, 0) is 24.3 Å². The molecule has 2 saturated heterocycles. The van der Waals surface area contributed by atoms with Crippen molar-refractivity contribution in [2.24, 2.45) is 0 Å². The van der Waals surface area contributed by atoms with Crippen LogP contribution < -0.4 is 15.1 Å². The fraction of sp³-hybridized carbons (Fsp3) is 0.368. The first-order chi connectivity index (χ1) is 14.3. The fourth-order valence-corrected chi connectivity index (χ4v) is 4.62. The molecule has 2 fully saturated rings. The van der Waals surface area contributed by atoms with Crippen LogP contribution in [0.25, 0.3) is 0 Å². The van der Waals surface area contributed by atoms with Gasteiger partial charge in [0, 0.05) is 13.1 Å². The minimum atomic E-state index is -3.07. The van der Waals surface area contributed by atoms with Crippen LogP contribution in [0.15, 0.2) is 41.2 Å². The lowest BCUT2D eigenvalue weighted by molar-refractivity contribution is 0.0915. The third-order valence-electron chi connectivity index (χ3n) is 5.08. The number of halogens is 1. The van der Waals surface area contributed by atoms with Crippen molar-refractivity contribution in [3.63, 3.8) is 0 Å². The minimum absolute atomic E-state index is 0.0150. The van der Waals surface area contributed by atoms with Gasteiger partial charge in [0.05, 0.1) is 47.8 Å². The first kappa shape index (κ1) is 20.2. The summed E-state index contributed by atoms with van der Waals surface area (Å²) in [4.78, 5) is 27.1. The summed E-state index contributed by atoms with van der Waals surface area (Å²) in [5, 5.41) is 2.66. The molecule has 9 nitrogen and oxygen atoms in total. The molecule has 0 radical (unpaired) electrons. The summed E-state index contributed by atoms with van der Waals surface area (Å²) in [6.07, 6.45) is 1.48. The minimum Gasteiger partial charge on any atom is -0.472 e. The molecule has 11 heteroatoms. The van der Waals surface area contributed by atoms with Crippen LogP contribution in [0.3, 0.4) is 0 Å². The second kappa shape index (κ2) is 7.98. The molecule has 2 aliphatic heterocycles. The molecule has 2 aliphatic rings. The first-order valence-electron chi connectivity index (χ1n) is 9.36. The van der Waals surface area contributed by atoms with Crippen LogP contribution in [0.5, 0.6) is 0 Å². The van der Waals surface area contributed by atoms with E-state index < -0.39 is 27.9 Å². The predicted octanol–water partition coefficient (Wildman–Crippen LogP) is 1.41. The van der Waals surface area contributed by atoms with Crippen molar-refractivity contribution in [2.75, 3.05) is 47.5 Å². The van der Waals surface area contributed by atoms with E-state index in [1.165, 1.54) is 35.6 Å². The maximum absolute atomic E-state index is 14.7. The van der Waals surface area contributed by atoms with Gasteiger partial charge in [-0.15, -0.1) is 0 Å². The number of rotatable bonds is 5. The molecule has 2 aromatic rings. The molecule has 1 aromatic carbocycles. The Bertz CT molecular complexity index is 1040. The number of ether oxygens (including phenoxy) is 1. The van der Waals surface area contributed by atoms with Crippen molar-refractivity contribution < 1.29 is 31.6 Å². The molecule has 1 N–H and O–H groups in total. The average Bonchev–Trinajstić information content (AvgIpc) is 3.36. The van der Waals surface area contributed by atoms with E-state index in [9.17, 15) is 22.4 Å². The number of nitrogens with one attached hydrogen (secondary N) is 1. The first-order valence-corrected chi connectivity index (χ1v) is 11.2. The van der Waals surface area contributed by atoms with E-state index in [1.807, 2.05) is 0 Å².